The number of carbonyl (C=O) groups is 1. The highest BCUT2D eigenvalue weighted by Crippen LogP contribution is 2.26. The molecule has 18 heavy (non-hydrogen) atoms. The van der Waals surface area contributed by atoms with Crippen molar-refractivity contribution in [2.75, 3.05) is 6.61 Å². The summed E-state index contributed by atoms with van der Waals surface area (Å²) < 4.78 is 10.3. The van der Waals surface area contributed by atoms with Gasteiger partial charge in [-0.2, -0.15) is 0 Å². The second-order valence-corrected chi connectivity index (χ2v) is 5.12. The average Bonchev–Trinajstić information content (AvgIpc) is 2.53. The molecule has 0 aliphatic heterocycles. The molecule has 1 amide bonds. The normalized spacial score (nSPS) is 28.2. The van der Waals surface area contributed by atoms with Gasteiger partial charge < -0.3 is 25.0 Å². The molecule has 1 saturated carbocycles. The quantitative estimate of drug-likeness (QED) is 0.636. The van der Waals surface area contributed by atoms with Crippen LogP contribution < -0.4 is 5.32 Å². The number of alkyl carbamates (subject to hydrolysis) is 1. The van der Waals surface area contributed by atoms with Gasteiger partial charge in [0.15, 0.2) is 5.79 Å². The Kier molecular flexibility index (Phi) is 5.37. The van der Waals surface area contributed by atoms with Crippen LogP contribution in [0.4, 0.5) is 4.79 Å². The largest absolute Gasteiger partial charge is 0.450 e. The van der Waals surface area contributed by atoms with E-state index in [1.165, 1.54) is 13.8 Å². The lowest BCUT2D eigenvalue weighted by Gasteiger charge is -2.27. The van der Waals surface area contributed by atoms with Crippen molar-refractivity contribution >= 4 is 6.09 Å². The fraction of sp³-hybridized carbons (Fsp3) is 0.917. The predicted molar refractivity (Wildman–Crippen MR) is 65.0 cm³/mol. The summed E-state index contributed by atoms with van der Waals surface area (Å²) in [5.74, 6) is -1.29. The molecule has 0 aromatic heterocycles. The minimum absolute atomic E-state index is 0.337. The van der Waals surface area contributed by atoms with Crippen molar-refractivity contribution < 1.29 is 24.5 Å². The van der Waals surface area contributed by atoms with Gasteiger partial charge in [0.2, 0.25) is 0 Å². The average molecular weight is 261 g/mol. The maximum atomic E-state index is 11.4. The van der Waals surface area contributed by atoms with Crippen LogP contribution in [-0.4, -0.2) is 47.0 Å². The maximum Gasteiger partial charge on any atom is 0.407 e. The summed E-state index contributed by atoms with van der Waals surface area (Å²) >= 11 is 0. The second-order valence-electron chi connectivity index (χ2n) is 5.12. The Balaban J connectivity index is 2.48. The van der Waals surface area contributed by atoms with E-state index >= 15 is 0 Å². The summed E-state index contributed by atoms with van der Waals surface area (Å²) in [6, 6.07) is -0.337. The van der Waals surface area contributed by atoms with Gasteiger partial charge in [-0.15, -0.1) is 0 Å². The van der Waals surface area contributed by atoms with E-state index in [-0.39, 0.29) is 6.04 Å². The van der Waals surface area contributed by atoms with Gasteiger partial charge in [0.05, 0.1) is 24.9 Å². The molecule has 2 unspecified atom stereocenters. The summed E-state index contributed by atoms with van der Waals surface area (Å²) in [4.78, 5) is 11.4. The molecule has 0 radical (unpaired) electrons. The van der Waals surface area contributed by atoms with Crippen LogP contribution in [0.5, 0.6) is 0 Å². The molecule has 1 aliphatic rings. The molecule has 0 aromatic carbocycles. The zero-order valence-electron chi connectivity index (χ0n) is 11.2. The number of carbonyl (C=O) groups excluding carboxylic acids is 1. The second kappa shape index (κ2) is 6.36. The zero-order chi connectivity index (χ0) is 13.8. The molecular weight excluding hydrogens is 238 g/mol. The van der Waals surface area contributed by atoms with Crippen molar-refractivity contribution in [2.45, 2.75) is 64.1 Å². The zero-order valence-corrected chi connectivity index (χ0v) is 11.2. The standard InChI is InChI=1S/C12H23NO5/c1-4-5-17-11(15)13-9-6-8(14)7-10(9)18-12(2,3)16/h8-10,14,16H,4-7H2,1-3H3,(H,13,15)/t8?,9?,10-/m1/s1. The van der Waals surface area contributed by atoms with Crippen LogP contribution in [0.2, 0.25) is 0 Å². The summed E-state index contributed by atoms with van der Waals surface area (Å²) in [6.07, 6.45) is 0.0953. The summed E-state index contributed by atoms with van der Waals surface area (Å²) in [5.41, 5.74) is 0. The predicted octanol–water partition coefficient (Wildman–Crippen LogP) is 0.760. The molecule has 0 bridgehead atoms. The number of aliphatic hydroxyl groups is 2. The van der Waals surface area contributed by atoms with Crippen molar-refractivity contribution in [1.82, 2.24) is 5.32 Å². The SMILES string of the molecule is CCCOC(=O)NC1CC(O)C[C@H]1OC(C)(C)O. The first-order valence-corrected chi connectivity index (χ1v) is 6.33. The topological polar surface area (TPSA) is 88.0 Å². The van der Waals surface area contributed by atoms with E-state index in [1.54, 1.807) is 0 Å². The molecule has 1 aliphatic carbocycles. The van der Waals surface area contributed by atoms with Crippen LogP contribution in [0, 0.1) is 0 Å². The van der Waals surface area contributed by atoms with Gasteiger partial charge in [-0.1, -0.05) is 6.92 Å². The number of amides is 1. The molecule has 0 heterocycles. The fourth-order valence-corrected chi connectivity index (χ4v) is 2.01. The van der Waals surface area contributed by atoms with Crippen molar-refractivity contribution in [3.63, 3.8) is 0 Å². The van der Waals surface area contributed by atoms with Gasteiger partial charge in [0, 0.05) is 6.42 Å². The lowest BCUT2D eigenvalue weighted by Crippen LogP contribution is -2.44. The number of aliphatic hydroxyl groups excluding tert-OH is 1. The molecule has 6 nitrogen and oxygen atoms in total. The van der Waals surface area contributed by atoms with Gasteiger partial charge in [0.1, 0.15) is 0 Å². The third-order valence-electron chi connectivity index (χ3n) is 2.66. The minimum atomic E-state index is -1.29. The van der Waals surface area contributed by atoms with Crippen molar-refractivity contribution in [1.29, 1.82) is 0 Å². The summed E-state index contributed by atoms with van der Waals surface area (Å²) in [7, 11) is 0. The highest BCUT2D eigenvalue weighted by atomic mass is 16.6. The van der Waals surface area contributed by atoms with Crippen molar-refractivity contribution in [3.05, 3.63) is 0 Å². The number of ether oxygens (including phenoxy) is 2. The van der Waals surface area contributed by atoms with E-state index in [2.05, 4.69) is 5.32 Å². The molecule has 1 rings (SSSR count). The van der Waals surface area contributed by atoms with E-state index in [4.69, 9.17) is 9.47 Å². The molecule has 3 atom stereocenters. The Morgan fingerprint density at radius 1 is 1.44 bits per heavy atom. The van der Waals surface area contributed by atoms with Crippen molar-refractivity contribution in [2.24, 2.45) is 0 Å². The van der Waals surface area contributed by atoms with E-state index in [0.29, 0.717) is 19.4 Å². The lowest BCUT2D eigenvalue weighted by molar-refractivity contribution is -0.208. The Bertz CT molecular complexity index is 276. The van der Waals surface area contributed by atoms with E-state index in [0.717, 1.165) is 6.42 Å². The first kappa shape index (κ1) is 15.2. The molecule has 0 spiro atoms. The van der Waals surface area contributed by atoms with Crippen LogP contribution in [0.1, 0.15) is 40.0 Å². The minimum Gasteiger partial charge on any atom is -0.450 e. The van der Waals surface area contributed by atoms with Crippen LogP contribution in [0.15, 0.2) is 0 Å². The van der Waals surface area contributed by atoms with Gasteiger partial charge in [0.25, 0.3) is 0 Å². The number of hydrogen-bond donors (Lipinski definition) is 3. The number of hydrogen-bond acceptors (Lipinski definition) is 5. The molecule has 3 N–H and O–H groups in total. The molecule has 6 heteroatoms. The Morgan fingerprint density at radius 3 is 2.67 bits per heavy atom. The smallest absolute Gasteiger partial charge is 0.407 e. The molecular formula is C12H23NO5. The van der Waals surface area contributed by atoms with Crippen molar-refractivity contribution in [3.8, 4) is 0 Å². The molecule has 1 fully saturated rings. The van der Waals surface area contributed by atoms with E-state index in [9.17, 15) is 15.0 Å². The molecule has 0 aromatic rings. The summed E-state index contributed by atoms with van der Waals surface area (Å²) in [5, 5.41) is 21.9. The lowest BCUT2D eigenvalue weighted by atomic mass is 10.2. The highest BCUT2D eigenvalue weighted by molar-refractivity contribution is 5.67. The number of rotatable bonds is 5. The summed E-state index contributed by atoms with van der Waals surface area (Å²) in [6.45, 7) is 5.30. The first-order valence-electron chi connectivity index (χ1n) is 6.33. The van der Waals surface area contributed by atoms with Crippen LogP contribution in [-0.2, 0) is 9.47 Å². The number of nitrogens with one attached hydrogen (secondary N) is 1. The monoisotopic (exact) mass is 261 g/mol. The Morgan fingerprint density at radius 2 is 2.11 bits per heavy atom. The van der Waals surface area contributed by atoms with E-state index < -0.39 is 24.1 Å². The third-order valence-corrected chi connectivity index (χ3v) is 2.66. The maximum absolute atomic E-state index is 11.4. The highest BCUT2D eigenvalue weighted by Gasteiger charge is 2.38. The van der Waals surface area contributed by atoms with Gasteiger partial charge >= 0.3 is 6.09 Å². The van der Waals surface area contributed by atoms with Gasteiger partial charge in [-0.05, 0) is 26.7 Å². The molecule has 106 valence electrons. The molecule has 0 saturated heterocycles. The third kappa shape index (κ3) is 5.20. The van der Waals surface area contributed by atoms with E-state index in [1.807, 2.05) is 6.92 Å². The Labute approximate surface area is 107 Å². The van der Waals surface area contributed by atoms with Gasteiger partial charge in [-0.3, -0.25) is 0 Å². The van der Waals surface area contributed by atoms with Crippen LogP contribution >= 0.6 is 0 Å². The fourth-order valence-electron chi connectivity index (χ4n) is 2.01. The van der Waals surface area contributed by atoms with Crippen LogP contribution in [0.3, 0.4) is 0 Å². The van der Waals surface area contributed by atoms with Gasteiger partial charge in [-0.25, -0.2) is 4.79 Å². The first-order chi connectivity index (χ1) is 8.31. The Hall–Kier alpha value is -0.850. The van der Waals surface area contributed by atoms with Crippen LogP contribution in [0.25, 0.3) is 0 Å².